The van der Waals surface area contributed by atoms with Crippen LogP contribution in [0.25, 0.3) is 0 Å². The number of aromatic nitrogens is 3. The molecule has 2 aromatic heterocycles. The second-order valence-corrected chi connectivity index (χ2v) is 7.88. The first-order valence-corrected chi connectivity index (χ1v) is 10.2. The lowest BCUT2D eigenvalue weighted by Crippen LogP contribution is -2.12. The monoisotopic (exact) mass is 402 g/mol. The number of hydrogen-bond acceptors (Lipinski definition) is 7. The lowest BCUT2D eigenvalue weighted by atomic mass is 10.1. The third-order valence-electron chi connectivity index (χ3n) is 3.68. The van der Waals surface area contributed by atoms with Crippen molar-refractivity contribution in [2.45, 2.75) is 13.0 Å². The Morgan fingerprint density at radius 1 is 1.04 bits per heavy atom. The van der Waals surface area contributed by atoms with Crippen LogP contribution in [0.3, 0.4) is 0 Å². The molecule has 0 fully saturated rings. The molecule has 0 bridgehead atoms. The van der Waals surface area contributed by atoms with Gasteiger partial charge in [0.1, 0.15) is 23.3 Å². The van der Waals surface area contributed by atoms with E-state index in [1.54, 1.807) is 24.3 Å². The van der Waals surface area contributed by atoms with Crippen LogP contribution in [0.15, 0.2) is 55.0 Å². The Bertz CT molecular complexity index is 1050. The molecule has 0 aliphatic heterocycles. The lowest BCUT2D eigenvalue weighted by Gasteiger charge is -2.17. The summed E-state index contributed by atoms with van der Waals surface area (Å²) in [5.41, 5.74) is 1.19. The Hall–Kier alpha value is -3.27. The number of hydrogen-bond donors (Lipinski definition) is 3. The van der Waals surface area contributed by atoms with E-state index < -0.39 is 10.0 Å². The van der Waals surface area contributed by atoms with Gasteiger partial charge < -0.3 is 10.6 Å². The first-order valence-electron chi connectivity index (χ1n) is 8.33. The van der Waals surface area contributed by atoms with Gasteiger partial charge >= 0.3 is 0 Å². The van der Waals surface area contributed by atoms with Crippen molar-refractivity contribution in [1.82, 2.24) is 15.0 Å². The molecule has 0 aliphatic carbocycles. The van der Waals surface area contributed by atoms with Crippen molar-refractivity contribution in [3.8, 4) is 0 Å². The van der Waals surface area contributed by atoms with Gasteiger partial charge in [0.25, 0.3) is 0 Å². The van der Waals surface area contributed by atoms with Gasteiger partial charge in [0.05, 0.1) is 18.1 Å². The fourth-order valence-corrected chi connectivity index (χ4v) is 3.04. The van der Waals surface area contributed by atoms with Crippen molar-refractivity contribution in [3.63, 3.8) is 0 Å². The molecule has 0 radical (unpaired) electrons. The van der Waals surface area contributed by atoms with Crippen LogP contribution in [-0.2, 0) is 10.0 Å². The van der Waals surface area contributed by atoms with Crippen LogP contribution in [0.1, 0.15) is 18.5 Å². The summed E-state index contributed by atoms with van der Waals surface area (Å²) in [5, 5.41) is 6.17. The molecule has 0 unspecified atom stereocenters. The molecule has 3 rings (SSSR count). The van der Waals surface area contributed by atoms with E-state index in [1.165, 1.54) is 30.7 Å². The van der Waals surface area contributed by atoms with Crippen LogP contribution in [0.4, 0.5) is 27.5 Å². The minimum Gasteiger partial charge on any atom is -0.363 e. The molecule has 0 amide bonds. The summed E-state index contributed by atoms with van der Waals surface area (Å²) >= 11 is 0. The van der Waals surface area contributed by atoms with E-state index in [1.807, 2.05) is 6.92 Å². The molecule has 0 aliphatic rings. The van der Waals surface area contributed by atoms with Crippen molar-refractivity contribution >= 4 is 33.2 Å². The highest BCUT2D eigenvalue weighted by atomic mass is 32.2. The van der Waals surface area contributed by atoms with Gasteiger partial charge in [-0.3, -0.25) is 9.71 Å². The fourth-order valence-electron chi connectivity index (χ4n) is 2.49. The van der Waals surface area contributed by atoms with Crippen molar-refractivity contribution in [3.05, 3.63) is 66.4 Å². The van der Waals surface area contributed by atoms with E-state index in [0.717, 1.165) is 11.8 Å². The summed E-state index contributed by atoms with van der Waals surface area (Å²) in [4.78, 5) is 12.5. The maximum Gasteiger partial charge on any atom is 0.229 e. The van der Waals surface area contributed by atoms with Gasteiger partial charge in [-0.15, -0.1) is 0 Å². The molecular weight excluding hydrogens is 383 g/mol. The van der Waals surface area contributed by atoms with Gasteiger partial charge in [-0.2, -0.15) is 0 Å². The molecule has 0 spiro atoms. The van der Waals surface area contributed by atoms with Gasteiger partial charge in [0.15, 0.2) is 0 Å². The zero-order valence-electron chi connectivity index (χ0n) is 15.2. The Morgan fingerprint density at radius 3 is 2.39 bits per heavy atom. The summed E-state index contributed by atoms with van der Waals surface area (Å²) in [6.45, 7) is 1.89. The molecule has 0 saturated heterocycles. The van der Waals surface area contributed by atoms with Gasteiger partial charge in [-0.05, 0) is 24.6 Å². The van der Waals surface area contributed by atoms with E-state index in [4.69, 9.17) is 0 Å². The van der Waals surface area contributed by atoms with Gasteiger partial charge in [0, 0.05) is 30.6 Å². The van der Waals surface area contributed by atoms with Crippen LogP contribution in [0.5, 0.6) is 0 Å². The summed E-state index contributed by atoms with van der Waals surface area (Å²) < 4.78 is 38.8. The van der Waals surface area contributed by atoms with Crippen LogP contribution in [-0.4, -0.2) is 29.6 Å². The van der Waals surface area contributed by atoms with E-state index in [-0.39, 0.29) is 11.9 Å². The number of benzene rings is 1. The number of anilines is 4. The maximum atomic E-state index is 13.1. The van der Waals surface area contributed by atoms with Gasteiger partial charge in [-0.1, -0.05) is 12.1 Å². The molecule has 3 aromatic rings. The molecule has 10 heteroatoms. The Kier molecular flexibility index (Phi) is 5.69. The van der Waals surface area contributed by atoms with Crippen LogP contribution in [0.2, 0.25) is 0 Å². The highest BCUT2D eigenvalue weighted by Crippen LogP contribution is 2.25. The Balaban J connectivity index is 1.88. The average molecular weight is 402 g/mol. The van der Waals surface area contributed by atoms with E-state index in [2.05, 4.69) is 30.3 Å². The fraction of sp³-hybridized carbons (Fsp3) is 0.167. The van der Waals surface area contributed by atoms with Gasteiger partial charge in [-0.25, -0.2) is 22.8 Å². The normalized spacial score (nSPS) is 12.2. The molecule has 0 saturated carbocycles. The SMILES string of the molecule is C[C@H](Nc1cc(NS(C)(=O)=O)cc(Nc2cnccn2)n1)c1ccc(F)cc1. The van der Waals surface area contributed by atoms with Crippen LogP contribution in [0, 0.1) is 5.82 Å². The second-order valence-electron chi connectivity index (χ2n) is 6.13. The largest absolute Gasteiger partial charge is 0.363 e. The molecule has 3 N–H and O–H groups in total. The highest BCUT2D eigenvalue weighted by Gasteiger charge is 2.11. The predicted molar refractivity (Wildman–Crippen MR) is 106 cm³/mol. The number of sulfonamides is 1. The summed E-state index contributed by atoms with van der Waals surface area (Å²) in [6.07, 6.45) is 5.65. The summed E-state index contributed by atoms with van der Waals surface area (Å²) in [7, 11) is -3.47. The van der Waals surface area contributed by atoms with Crippen molar-refractivity contribution < 1.29 is 12.8 Å². The van der Waals surface area contributed by atoms with E-state index in [9.17, 15) is 12.8 Å². The second kappa shape index (κ2) is 8.17. The molecular formula is C18H19FN6O2S. The third-order valence-corrected chi connectivity index (χ3v) is 4.29. The predicted octanol–water partition coefficient (Wildman–Crippen LogP) is 3.30. The zero-order chi connectivity index (χ0) is 20.1. The highest BCUT2D eigenvalue weighted by molar-refractivity contribution is 7.92. The molecule has 28 heavy (non-hydrogen) atoms. The molecule has 8 nitrogen and oxygen atoms in total. The number of rotatable bonds is 7. The first-order chi connectivity index (χ1) is 13.3. The van der Waals surface area contributed by atoms with Crippen molar-refractivity contribution in [2.75, 3.05) is 21.6 Å². The first kappa shape index (κ1) is 19.5. The topological polar surface area (TPSA) is 109 Å². The Morgan fingerprint density at radius 2 is 1.75 bits per heavy atom. The zero-order valence-corrected chi connectivity index (χ0v) is 16.0. The van der Waals surface area contributed by atoms with Crippen LogP contribution < -0.4 is 15.4 Å². The van der Waals surface area contributed by atoms with Crippen LogP contribution >= 0.6 is 0 Å². The third kappa shape index (κ3) is 5.61. The molecule has 2 heterocycles. The quantitative estimate of drug-likeness (QED) is 0.556. The lowest BCUT2D eigenvalue weighted by molar-refractivity contribution is 0.607. The van der Waals surface area contributed by atoms with Crippen molar-refractivity contribution in [2.24, 2.45) is 0 Å². The smallest absolute Gasteiger partial charge is 0.229 e. The summed E-state index contributed by atoms with van der Waals surface area (Å²) in [6, 6.07) is 9.03. The minimum absolute atomic E-state index is 0.189. The minimum atomic E-state index is -3.47. The number of nitrogens with zero attached hydrogens (tertiary/aromatic N) is 3. The molecule has 1 aromatic carbocycles. The number of nitrogens with one attached hydrogen (secondary N) is 3. The van der Waals surface area contributed by atoms with E-state index >= 15 is 0 Å². The van der Waals surface area contributed by atoms with Crippen molar-refractivity contribution in [1.29, 1.82) is 0 Å². The average Bonchev–Trinajstić information content (AvgIpc) is 2.61. The Labute approximate surface area is 162 Å². The standard InChI is InChI=1S/C18H19FN6O2S/c1-12(13-3-5-14(19)6-4-13)22-16-9-15(25-28(2,26)27)10-17(23-16)24-18-11-20-7-8-21-18/h3-12H,1-2H3,(H3,21,22,23,24,25)/t12-/m0/s1. The van der Waals surface area contributed by atoms with E-state index in [0.29, 0.717) is 23.1 Å². The summed E-state index contributed by atoms with van der Waals surface area (Å²) in [5.74, 6) is 0.952. The van der Waals surface area contributed by atoms with Gasteiger partial charge in [0.2, 0.25) is 10.0 Å². The molecule has 146 valence electrons. The number of pyridine rings is 1. The maximum absolute atomic E-state index is 13.1. The molecule has 1 atom stereocenters. The number of halogens is 1.